The molecule has 0 aliphatic carbocycles. The van der Waals surface area contributed by atoms with Crippen LogP contribution in [0.5, 0.6) is 11.5 Å². The van der Waals surface area contributed by atoms with Crippen LogP contribution in [-0.2, 0) is 6.61 Å². The number of rotatable bonds is 5. The van der Waals surface area contributed by atoms with Gasteiger partial charge in [-0.05, 0) is 36.8 Å². The first-order chi connectivity index (χ1) is 10.0. The molecule has 0 saturated heterocycles. The number of hydrogen-bond donors (Lipinski definition) is 1. The van der Waals surface area contributed by atoms with E-state index in [1.807, 2.05) is 0 Å². The first-order valence-electron chi connectivity index (χ1n) is 6.18. The number of ketones is 1. The molecule has 0 aliphatic rings. The van der Waals surface area contributed by atoms with Crippen molar-refractivity contribution in [1.29, 1.82) is 0 Å². The molecule has 6 heteroatoms. The second-order valence-corrected chi connectivity index (χ2v) is 4.40. The summed E-state index contributed by atoms with van der Waals surface area (Å²) >= 11 is 0. The van der Waals surface area contributed by atoms with E-state index in [9.17, 15) is 14.9 Å². The van der Waals surface area contributed by atoms with Gasteiger partial charge in [0.05, 0.1) is 17.1 Å². The number of hydrogen-bond acceptors (Lipinski definition) is 5. The van der Waals surface area contributed by atoms with Crippen molar-refractivity contribution in [2.24, 2.45) is 0 Å². The molecule has 0 unspecified atom stereocenters. The molecule has 2 rings (SSSR count). The summed E-state index contributed by atoms with van der Waals surface area (Å²) in [6.45, 7) is 1.15. The molecule has 1 N–H and O–H groups in total. The van der Waals surface area contributed by atoms with Crippen LogP contribution in [0.25, 0.3) is 0 Å². The number of nitrogens with zero attached hydrogens (tertiary/aromatic N) is 1. The van der Waals surface area contributed by atoms with Crippen LogP contribution in [0.3, 0.4) is 0 Å². The van der Waals surface area contributed by atoms with Gasteiger partial charge in [0.15, 0.2) is 5.78 Å². The molecule has 0 fully saturated rings. The molecule has 6 nitrogen and oxygen atoms in total. The predicted molar refractivity (Wildman–Crippen MR) is 75.5 cm³/mol. The van der Waals surface area contributed by atoms with E-state index in [1.54, 1.807) is 24.3 Å². The van der Waals surface area contributed by atoms with Gasteiger partial charge in [-0.25, -0.2) is 0 Å². The smallest absolute Gasteiger partial charge is 0.280 e. The normalized spacial score (nSPS) is 10.2. The minimum atomic E-state index is -0.604. The molecular weight excluding hydrogens is 274 g/mol. The lowest BCUT2D eigenvalue weighted by molar-refractivity contribution is -0.385. The fourth-order valence-electron chi connectivity index (χ4n) is 1.86. The van der Waals surface area contributed by atoms with Crippen LogP contribution < -0.4 is 4.74 Å². The molecule has 0 heterocycles. The van der Waals surface area contributed by atoms with Gasteiger partial charge >= 0.3 is 0 Å². The van der Waals surface area contributed by atoms with Crippen molar-refractivity contribution < 1.29 is 19.6 Å². The van der Waals surface area contributed by atoms with Crippen LogP contribution in [0, 0.1) is 10.1 Å². The molecule has 0 atom stereocenters. The highest BCUT2D eigenvalue weighted by Gasteiger charge is 2.18. The van der Waals surface area contributed by atoms with Crippen molar-refractivity contribution in [2.45, 2.75) is 13.5 Å². The van der Waals surface area contributed by atoms with Crippen LogP contribution in [-0.4, -0.2) is 15.8 Å². The summed E-state index contributed by atoms with van der Waals surface area (Å²) in [5.74, 6) is 0.391. The second kappa shape index (κ2) is 6.15. The lowest BCUT2D eigenvalue weighted by atomic mass is 10.1. The zero-order chi connectivity index (χ0) is 15.4. The van der Waals surface area contributed by atoms with E-state index in [-0.39, 0.29) is 17.9 Å². The van der Waals surface area contributed by atoms with Gasteiger partial charge in [0.25, 0.3) is 5.69 Å². The average molecular weight is 287 g/mol. The molecule has 0 aromatic heterocycles. The van der Waals surface area contributed by atoms with Crippen molar-refractivity contribution >= 4 is 11.5 Å². The Morgan fingerprint density at radius 1 is 1.24 bits per heavy atom. The van der Waals surface area contributed by atoms with Crippen molar-refractivity contribution in [3.8, 4) is 11.5 Å². The Balaban J connectivity index is 2.34. The number of carbonyl (C=O) groups is 1. The highest BCUT2D eigenvalue weighted by atomic mass is 16.6. The Kier molecular flexibility index (Phi) is 4.30. The monoisotopic (exact) mass is 287 g/mol. The number of carbonyl (C=O) groups excluding carboxylic acids is 1. The van der Waals surface area contributed by atoms with Gasteiger partial charge < -0.3 is 9.84 Å². The maximum atomic E-state index is 11.5. The summed E-state index contributed by atoms with van der Waals surface area (Å²) in [7, 11) is 0. The summed E-state index contributed by atoms with van der Waals surface area (Å²) in [4.78, 5) is 21.7. The summed E-state index contributed by atoms with van der Waals surface area (Å²) in [5, 5.41) is 19.9. The minimum absolute atomic E-state index is 0.00388. The van der Waals surface area contributed by atoms with Gasteiger partial charge in [0.1, 0.15) is 11.5 Å². The zero-order valence-corrected chi connectivity index (χ0v) is 11.3. The molecule has 0 spiro atoms. The van der Waals surface area contributed by atoms with E-state index in [1.165, 1.54) is 25.1 Å². The summed E-state index contributed by atoms with van der Waals surface area (Å²) < 4.78 is 5.56. The van der Waals surface area contributed by atoms with Crippen molar-refractivity contribution in [3.63, 3.8) is 0 Å². The van der Waals surface area contributed by atoms with Crippen LogP contribution in [0.4, 0.5) is 5.69 Å². The SMILES string of the molecule is CC(=O)c1cc(Oc2cccc(CO)c2)ccc1[N+](=O)[O-]. The second-order valence-electron chi connectivity index (χ2n) is 4.40. The molecule has 0 amide bonds. The van der Waals surface area contributed by atoms with Crippen molar-refractivity contribution in [1.82, 2.24) is 0 Å². The Hall–Kier alpha value is -2.73. The largest absolute Gasteiger partial charge is 0.457 e. The van der Waals surface area contributed by atoms with Crippen LogP contribution in [0.15, 0.2) is 42.5 Å². The third-order valence-electron chi connectivity index (χ3n) is 2.86. The van der Waals surface area contributed by atoms with E-state index in [4.69, 9.17) is 9.84 Å². The van der Waals surface area contributed by atoms with Gasteiger partial charge in [0, 0.05) is 6.07 Å². The van der Waals surface area contributed by atoms with E-state index in [0.29, 0.717) is 17.1 Å². The first kappa shape index (κ1) is 14.7. The molecule has 0 aliphatic heterocycles. The van der Waals surface area contributed by atoms with Crippen LogP contribution in [0.2, 0.25) is 0 Å². The number of aliphatic hydroxyl groups is 1. The summed E-state index contributed by atoms with van der Waals surface area (Å²) in [6, 6.07) is 10.8. The lowest BCUT2D eigenvalue weighted by Crippen LogP contribution is -2.00. The standard InChI is InChI=1S/C15H13NO5/c1-10(18)14-8-13(5-6-15(14)16(19)20)21-12-4-2-3-11(7-12)9-17/h2-8,17H,9H2,1H3. The number of aliphatic hydroxyl groups excluding tert-OH is 1. The molecule has 0 bridgehead atoms. The van der Waals surface area contributed by atoms with Gasteiger partial charge in [-0.1, -0.05) is 12.1 Å². The molecule has 21 heavy (non-hydrogen) atoms. The molecule has 0 saturated carbocycles. The van der Waals surface area contributed by atoms with E-state index < -0.39 is 10.7 Å². The third kappa shape index (κ3) is 3.43. The molecule has 2 aromatic carbocycles. The molecule has 108 valence electrons. The summed E-state index contributed by atoms with van der Waals surface area (Å²) in [6.07, 6.45) is 0. The fourth-order valence-corrected chi connectivity index (χ4v) is 1.86. The molecule has 0 radical (unpaired) electrons. The van der Waals surface area contributed by atoms with Gasteiger partial charge in [-0.3, -0.25) is 14.9 Å². The quantitative estimate of drug-likeness (QED) is 0.518. The minimum Gasteiger partial charge on any atom is -0.457 e. The van der Waals surface area contributed by atoms with Gasteiger partial charge in [-0.2, -0.15) is 0 Å². The Bertz CT molecular complexity index is 696. The van der Waals surface area contributed by atoms with Gasteiger partial charge in [0.2, 0.25) is 0 Å². The third-order valence-corrected chi connectivity index (χ3v) is 2.86. The van der Waals surface area contributed by atoms with Crippen LogP contribution >= 0.6 is 0 Å². The maximum absolute atomic E-state index is 11.5. The number of benzene rings is 2. The lowest BCUT2D eigenvalue weighted by Gasteiger charge is -2.08. The molecule has 2 aromatic rings. The fraction of sp³-hybridized carbons (Fsp3) is 0.133. The van der Waals surface area contributed by atoms with E-state index in [2.05, 4.69) is 0 Å². The number of nitro groups is 1. The summed E-state index contributed by atoms with van der Waals surface area (Å²) in [5.41, 5.74) is 0.427. The number of Topliss-reactive ketones (excluding diaryl/α,β-unsaturated/α-hetero) is 1. The van der Waals surface area contributed by atoms with Crippen molar-refractivity contribution in [2.75, 3.05) is 0 Å². The average Bonchev–Trinajstić information content (AvgIpc) is 2.47. The van der Waals surface area contributed by atoms with Crippen LogP contribution in [0.1, 0.15) is 22.8 Å². The Morgan fingerprint density at radius 3 is 2.57 bits per heavy atom. The zero-order valence-electron chi connectivity index (χ0n) is 11.3. The number of nitro benzene ring substituents is 1. The highest BCUT2D eigenvalue weighted by molar-refractivity contribution is 5.98. The Morgan fingerprint density at radius 2 is 1.95 bits per heavy atom. The highest BCUT2D eigenvalue weighted by Crippen LogP contribution is 2.28. The topological polar surface area (TPSA) is 89.7 Å². The molecular formula is C15H13NO5. The Labute approximate surface area is 120 Å². The van der Waals surface area contributed by atoms with Gasteiger partial charge in [-0.15, -0.1) is 0 Å². The maximum Gasteiger partial charge on any atom is 0.280 e. The van der Waals surface area contributed by atoms with E-state index >= 15 is 0 Å². The number of ether oxygens (including phenoxy) is 1. The first-order valence-corrected chi connectivity index (χ1v) is 6.18. The van der Waals surface area contributed by atoms with E-state index in [0.717, 1.165) is 0 Å². The van der Waals surface area contributed by atoms with Crippen molar-refractivity contribution in [3.05, 3.63) is 63.7 Å². The predicted octanol–water partition coefficient (Wildman–Crippen LogP) is 3.08.